The number of ether oxygens (including phenoxy) is 1. The molecule has 6 nitrogen and oxygen atoms in total. The van der Waals surface area contributed by atoms with Crippen molar-refractivity contribution in [3.05, 3.63) is 58.1 Å². The molecule has 0 spiro atoms. The molecule has 2 amide bonds. The van der Waals surface area contributed by atoms with E-state index in [9.17, 15) is 9.59 Å². The van der Waals surface area contributed by atoms with E-state index in [0.29, 0.717) is 41.2 Å². The Labute approximate surface area is 197 Å². The van der Waals surface area contributed by atoms with Crippen molar-refractivity contribution in [1.82, 2.24) is 10.2 Å². The summed E-state index contributed by atoms with van der Waals surface area (Å²) in [7, 11) is 3.50. The average molecular weight is 506 g/mol. The molecule has 0 aliphatic carbocycles. The van der Waals surface area contributed by atoms with Crippen molar-refractivity contribution >= 4 is 50.8 Å². The van der Waals surface area contributed by atoms with Crippen LogP contribution in [0.1, 0.15) is 36.2 Å². The molecule has 166 valence electrons. The maximum atomic E-state index is 12.5. The minimum Gasteiger partial charge on any atom is -0.492 e. The Bertz CT molecular complexity index is 930. The molecule has 31 heavy (non-hydrogen) atoms. The van der Waals surface area contributed by atoms with Crippen molar-refractivity contribution in [3.8, 4) is 5.75 Å². The van der Waals surface area contributed by atoms with Crippen LogP contribution in [0.4, 0.5) is 5.69 Å². The van der Waals surface area contributed by atoms with Crippen molar-refractivity contribution in [3.63, 3.8) is 0 Å². The lowest BCUT2D eigenvalue weighted by atomic mass is 10.1. The summed E-state index contributed by atoms with van der Waals surface area (Å²) in [5.74, 6) is 0.885. The number of rotatable bonds is 8. The maximum absolute atomic E-state index is 12.5. The second kappa shape index (κ2) is 11.8. The highest BCUT2D eigenvalue weighted by Gasteiger charge is 2.12. The Balaban J connectivity index is 1.88. The molecule has 0 radical (unpaired) electrons. The van der Waals surface area contributed by atoms with Crippen molar-refractivity contribution < 1.29 is 14.3 Å². The number of hydrogen-bond donors (Lipinski definition) is 2. The van der Waals surface area contributed by atoms with Gasteiger partial charge < -0.3 is 15.0 Å². The second-order valence-electron chi connectivity index (χ2n) is 7.74. The van der Waals surface area contributed by atoms with Crippen LogP contribution < -0.4 is 15.4 Å². The number of halogens is 1. The predicted octanol–water partition coefficient (Wildman–Crippen LogP) is 4.63. The molecule has 0 atom stereocenters. The van der Waals surface area contributed by atoms with E-state index in [1.54, 1.807) is 37.2 Å². The normalized spacial score (nSPS) is 10.5. The van der Waals surface area contributed by atoms with Gasteiger partial charge in [0.05, 0.1) is 11.1 Å². The maximum Gasteiger partial charge on any atom is 0.257 e. The van der Waals surface area contributed by atoms with Crippen LogP contribution in [0.25, 0.3) is 0 Å². The lowest BCUT2D eigenvalue weighted by molar-refractivity contribution is -0.128. The molecule has 2 aromatic carbocycles. The van der Waals surface area contributed by atoms with Crippen LogP contribution >= 0.6 is 28.1 Å². The van der Waals surface area contributed by atoms with Crippen LogP contribution in [0.2, 0.25) is 0 Å². The fourth-order valence-electron chi connectivity index (χ4n) is 2.58. The fraction of sp³-hybridized carbons (Fsp3) is 0.348. The smallest absolute Gasteiger partial charge is 0.257 e. The van der Waals surface area contributed by atoms with Crippen molar-refractivity contribution in [2.75, 3.05) is 26.0 Å². The average Bonchev–Trinajstić information content (AvgIpc) is 2.71. The van der Waals surface area contributed by atoms with Crippen molar-refractivity contribution in [1.29, 1.82) is 0 Å². The summed E-state index contributed by atoms with van der Waals surface area (Å²) >= 11 is 8.70. The highest BCUT2D eigenvalue weighted by atomic mass is 79.9. The number of thiocarbonyl (C=S) groups is 1. The number of nitrogens with zero attached hydrogens (tertiary/aromatic N) is 1. The third-order valence-electron chi connectivity index (χ3n) is 4.33. The van der Waals surface area contributed by atoms with Crippen LogP contribution in [0.3, 0.4) is 0 Å². The molecule has 2 rings (SSSR count). The van der Waals surface area contributed by atoms with E-state index in [1.807, 2.05) is 24.3 Å². The van der Waals surface area contributed by atoms with E-state index in [0.717, 1.165) is 11.3 Å². The Hall–Kier alpha value is -2.45. The molecule has 0 aliphatic heterocycles. The zero-order valence-corrected chi connectivity index (χ0v) is 20.6. The summed E-state index contributed by atoms with van der Waals surface area (Å²) in [4.78, 5) is 25.8. The highest BCUT2D eigenvalue weighted by Crippen LogP contribution is 2.26. The molecular weight excluding hydrogens is 478 g/mol. The van der Waals surface area contributed by atoms with Gasteiger partial charge >= 0.3 is 0 Å². The van der Waals surface area contributed by atoms with E-state index in [4.69, 9.17) is 17.0 Å². The van der Waals surface area contributed by atoms with Gasteiger partial charge in [0.1, 0.15) is 5.75 Å². The zero-order chi connectivity index (χ0) is 23.0. The molecule has 0 aliphatic rings. The van der Waals surface area contributed by atoms with Crippen LogP contribution in [-0.4, -0.2) is 42.5 Å². The molecule has 0 aromatic heterocycles. The molecule has 0 saturated carbocycles. The van der Waals surface area contributed by atoms with Crippen LogP contribution in [0.15, 0.2) is 46.9 Å². The molecular formula is C23H28BrN3O3S. The number of carbonyl (C=O) groups is 2. The summed E-state index contributed by atoms with van der Waals surface area (Å²) in [5.41, 5.74) is 2.28. The van der Waals surface area contributed by atoms with Gasteiger partial charge in [-0.3, -0.25) is 14.9 Å². The molecule has 0 unspecified atom stereocenters. The number of carbonyl (C=O) groups excluding carboxylic acids is 2. The van der Waals surface area contributed by atoms with E-state index >= 15 is 0 Å². The summed E-state index contributed by atoms with van der Waals surface area (Å²) in [5, 5.41) is 5.88. The number of hydrogen-bond acceptors (Lipinski definition) is 4. The van der Waals surface area contributed by atoms with E-state index in [-0.39, 0.29) is 16.9 Å². The molecule has 0 saturated heterocycles. The van der Waals surface area contributed by atoms with Gasteiger partial charge in [-0.1, -0.05) is 26.0 Å². The third-order valence-corrected chi connectivity index (χ3v) is 5.16. The van der Waals surface area contributed by atoms with Gasteiger partial charge in [0, 0.05) is 31.8 Å². The highest BCUT2D eigenvalue weighted by molar-refractivity contribution is 9.10. The Morgan fingerprint density at radius 2 is 1.81 bits per heavy atom. The predicted molar refractivity (Wildman–Crippen MR) is 132 cm³/mol. The van der Waals surface area contributed by atoms with Gasteiger partial charge in [0.25, 0.3) is 5.91 Å². The second-order valence-corrected chi connectivity index (χ2v) is 9.01. The van der Waals surface area contributed by atoms with E-state index in [1.165, 1.54) is 0 Å². The van der Waals surface area contributed by atoms with Gasteiger partial charge in [0.2, 0.25) is 5.91 Å². The first-order chi connectivity index (χ1) is 14.7. The number of benzene rings is 2. The minimum atomic E-state index is -0.313. The number of amides is 2. The van der Waals surface area contributed by atoms with Crippen LogP contribution in [-0.2, 0) is 11.2 Å². The number of nitrogens with one attached hydrogen (secondary N) is 2. The van der Waals surface area contributed by atoms with Gasteiger partial charge in [-0.2, -0.15) is 0 Å². The quantitative estimate of drug-likeness (QED) is 0.511. The Morgan fingerprint density at radius 3 is 2.39 bits per heavy atom. The van der Waals surface area contributed by atoms with Crippen LogP contribution in [0, 0.1) is 5.92 Å². The number of aryl methyl sites for hydroxylation is 1. The topological polar surface area (TPSA) is 70.7 Å². The molecule has 2 aromatic rings. The lowest BCUT2D eigenvalue weighted by Crippen LogP contribution is -2.34. The number of anilines is 1. The minimum absolute atomic E-state index is 0.0947. The van der Waals surface area contributed by atoms with Crippen LogP contribution in [0.5, 0.6) is 5.75 Å². The largest absolute Gasteiger partial charge is 0.492 e. The first kappa shape index (κ1) is 24.8. The van der Waals surface area contributed by atoms with Gasteiger partial charge in [-0.15, -0.1) is 0 Å². The summed E-state index contributed by atoms with van der Waals surface area (Å²) in [6, 6.07) is 12.8. The summed E-state index contributed by atoms with van der Waals surface area (Å²) in [6.45, 7) is 4.75. The lowest BCUT2D eigenvalue weighted by Gasteiger charge is -2.13. The standard InChI is InChI=1S/C23H28BrN3O3S/c1-15(2)14-30-20-11-8-17(13-19(20)24)22(29)26-23(31)25-18-9-5-16(6-10-18)7-12-21(28)27(3)4/h5-6,8-11,13,15H,7,12,14H2,1-4H3,(H2,25,26,29,31). The first-order valence-corrected chi connectivity index (χ1v) is 11.2. The zero-order valence-electron chi connectivity index (χ0n) is 18.2. The monoisotopic (exact) mass is 505 g/mol. The SMILES string of the molecule is CC(C)COc1ccc(C(=O)NC(=S)Nc2ccc(CCC(=O)N(C)C)cc2)cc1Br. The fourth-order valence-corrected chi connectivity index (χ4v) is 3.29. The Morgan fingerprint density at radius 1 is 1.13 bits per heavy atom. The van der Waals surface area contributed by atoms with E-state index < -0.39 is 0 Å². The summed E-state index contributed by atoms with van der Waals surface area (Å²) < 4.78 is 6.42. The van der Waals surface area contributed by atoms with Gasteiger partial charge in [-0.25, -0.2) is 0 Å². The van der Waals surface area contributed by atoms with Gasteiger partial charge in [0.15, 0.2) is 5.11 Å². The molecule has 0 bridgehead atoms. The Kier molecular flexibility index (Phi) is 9.45. The molecule has 2 N–H and O–H groups in total. The van der Waals surface area contributed by atoms with Crippen molar-refractivity contribution in [2.45, 2.75) is 26.7 Å². The van der Waals surface area contributed by atoms with Crippen molar-refractivity contribution in [2.24, 2.45) is 5.92 Å². The van der Waals surface area contributed by atoms with E-state index in [2.05, 4.69) is 40.4 Å². The molecule has 8 heteroatoms. The van der Waals surface area contributed by atoms with Gasteiger partial charge in [-0.05, 0) is 76.4 Å². The molecule has 0 heterocycles. The summed E-state index contributed by atoms with van der Waals surface area (Å²) in [6.07, 6.45) is 1.13. The third kappa shape index (κ3) is 8.30. The first-order valence-electron chi connectivity index (χ1n) is 9.99. The molecule has 0 fully saturated rings.